The first-order chi connectivity index (χ1) is 8.56. The molecule has 7 heteroatoms. The molecular formula is C11H9BrN4O2. The van der Waals surface area contributed by atoms with Crippen molar-refractivity contribution in [3.05, 3.63) is 33.2 Å². The van der Waals surface area contributed by atoms with Crippen LogP contribution < -0.4 is 11.5 Å². The van der Waals surface area contributed by atoms with Crippen molar-refractivity contribution < 1.29 is 4.42 Å². The third kappa shape index (κ3) is 1.55. The van der Waals surface area contributed by atoms with Gasteiger partial charge in [0.2, 0.25) is 0 Å². The molecule has 0 bridgehead atoms. The lowest BCUT2D eigenvalue weighted by Crippen LogP contribution is -1.95. The van der Waals surface area contributed by atoms with Gasteiger partial charge in [0.15, 0.2) is 11.4 Å². The second-order valence-electron chi connectivity index (χ2n) is 3.90. The fourth-order valence-corrected chi connectivity index (χ4v) is 2.50. The van der Waals surface area contributed by atoms with Crippen molar-refractivity contribution in [3.8, 4) is 11.3 Å². The van der Waals surface area contributed by atoms with E-state index in [1.165, 1.54) is 0 Å². The summed E-state index contributed by atoms with van der Waals surface area (Å²) >= 11 is 3.40. The quantitative estimate of drug-likeness (QED) is 0.718. The first-order valence-electron chi connectivity index (χ1n) is 5.17. The maximum atomic E-state index is 11.1. The molecule has 0 radical (unpaired) electrons. The molecule has 18 heavy (non-hydrogen) atoms. The summed E-state index contributed by atoms with van der Waals surface area (Å²) in [5.41, 5.74) is 8.64. The molecule has 0 aliphatic carbocycles. The van der Waals surface area contributed by atoms with E-state index in [1.54, 1.807) is 17.8 Å². The van der Waals surface area contributed by atoms with Crippen LogP contribution in [-0.4, -0.2) is 14.8 Å². The first kappa shape index (κ1) is 11.1. The van der Waals surface area contributed by atoms with Gasteiger partial charge < -0.3 is 10.2 Å². The molecule has 0 aliphatic rings. The van der Waals surface area contributed by atoms with E-state index in [0.29, 0.717) is 16.9 Å². The average Bonchev–Trinajstić information content (AvgIpc) is 2.78. The Labute approximate surface area is 110 Å². The van der Waals surface area contributed by atoms with Gasteiger partial charge in [-0.05, 0) is 34.1 Å². The zero-order valence-electron chi connectivity index (χ0n) is 9.40. The first-order valence-corrected chi connectivity index (χ1v) is 5.97. The molecule has 0 unspecified atom stereocenters. The highest BCUT2D eigenvalue weighted by atomic mass is 79.9. The van der Waals surface area contributed by atoms with Gasteiger partial charge in [-0.1, -0.05) is 0 Å². The topological polar surface area (TPSA) is 89.8 Å². The molecule has 2 heterocycles. The maximum absolute atomic E-state index is 11.1. The molecule has 0 saturated carbocycles. The van der Waals surface area contributed by atoms with Crippen LogP contribution in [0, 0.1) is 0 Å². The van der Waals surface area contributed by atoms with E-state index in [2.05, 4.69) is 26.0 Å². The lowest BCUT2D eigenvalue weighted by molar-refractivity contribution is 0.555. The number of rotatable bonds is 1. The van der Waals surface area contributed by atoms with E-state index in [4.69, 9.17) is 10.2 Å². The molecule has 3 N–H and O–H groups in total. The molecule has 0 atom stereocenters. The van der Waals surface area contributed by atoms with E-state index in [9.17, 15) is 4.79 Å². The molecule has 6 nitrogen and oxygen atoms in total. The number of aromatic nitrogens is 3. The largest absolute Gasteiger partial charge is 0.417 e. The number of anilines is 1. The lowest BCUT2D eigenvalue weighted by Gasteiger charge is -2.02. The van der Waals surface area contributed by atoms with Crippen molar-refractivity contribution in [3.63, 3.8) is 0 Å². The van der Waals surface area contributed by atoms with E-state index in [0.717, 1.165) is 15.7 Å². The number of H-pyrrole nitrogens is 1. The Bertz CT molecular complexity index is 799. The fraction of sp³-hybridized carbons (Fsp3) is 0.0909. The van der Waals surface area contributed by atoms with E-state index < -0.39 is 5.76 Å². The Morgan fingerprint density at radius 1 is 1.50 bits per heavy atom. The molecule has 3 rings (SSSR count). The van der Waals surface area contributed by atoms with Crippen LogP contribution in [0.4, 0.5) is 5.82 Å². The predicted octanol–water partition coefficient (Wildman–Crippen LogP) is 1.87. The Kier molecular flexibility index (Phi) is 2.30. The number of nitrogens with two attached hydrogens (primary N) is 1. The highest BCUT2D eigenvalue weighted by Crippen LogP contribution is 2.33. The number of nitrogens with zero attached hydrogens (tertiary/aromatic N) is 2. The third-order valence-corrected chi connectivity index (χ3v) is 3.49. The minimum Gasteiger partial charge on any atom is -0.408 e. The highest BCUT2D eigenvalue weighted by molar-refractivity contribution is 9.10. The van der Waals surface area contributed by atoms with Gasteiger partial charge in [0, 0.05) is 12.6 Å². The van der Waals surface area contributed by atoms with Crippen LogP contribution in [0.3, 0.4) is 0 Å². The minimum absolute atomic E-state index is 0.424. The number of aryl methyl sites for hydroxylation is 1. The molecule has 0 amide bonds. The molecule has 1 aromatic carbocycles. The van der Waals surface area contributed by atoms with Crippen LogP contribution in [0.25, 0.3) is 22.4 Å². The van der Waals surface area contributed by atoms with E-state index >= 15 is 0 Å². The molecule has 0 saturated heterocycles. The Morgan fingerprint density at radius 3 is 2.94 bits per heavy atom. The maximum Gasteiger partial charge on any atom is 0.417 e. The monoisotopic (exact) mass is 308 g/mol. The van der Waals surface area contributed by atoms with Crippen molar-refractivity contribution in [1.29, 1.82) is 0 Å². The third-order valence-electron chi connectivity index (χ3n) is 2.71. The number of halogens is 1. The van der Waals surface area contributed by atoms with Crippen LogP contribution in [0.15, 0.2) is 31.9 Å². The molecule has 0 spiro atoms. The Morgan fingerprint density at radius 2 is 2.28 bits per heavy atom. The van der Waals surface area contributed by atoms with Crippen molar-refractivity contribution in [2.75, 3.05) is 5.73 Å². The average molecular weight is 309 g/mol. The van der Waals surface area contributed by atoms with Gasteiger partial charge >= 0.3 is 5.76 Å². The van der Waals surface area contributed by atoms with Gasteiger partial charge in [-0.25, -0.2) is 4.79 Å². The highest BCUT2D eigenvalue weighted by Gasteiger charge is 2.14. The predicted molar refractivity (Wildman–Crippen MR) is 71.1 cm³/mol. The zero-order valence-corrected chi connectivity index (χ0v) is 11.0. The molecule has 0 aliphatic heterocycles. The number of benzene rings is 1. The van der Waals surface area contributed by atoms with Gasteiger partial charge in [0.1, 0.15) is 0 Å². The summed E-state index contributed by atoms with van der Waals surface area (Å²) in [4.78, 5) is 13.7. The summed E-state index contributed by atoms with van der Waals surface area (Å²) < 4.78 is 7.37. The molecule has 92 valence electrons. The SMILES string of the molecule is Cn1nc(N)c(Br)c1-c1ccc2oc(=O)[nH]c2c1. The Balaban J connectivity index is 2.28. The number of fused-ring (bicyclic) bond motifs is 1. The number of aromatic amines is 1. The van der Waals surface area contributed by atoms with Gasteiger partial charge in [-0.15, -0.1) is 0 Å². The number of nitrogens with one attached hydrogen (secondary N) is 1. The van der Waals surface area contributed by atoms with Crippen molar-refractivity contribution >= 4 is 32.8 Å². The number of hydrogen-bond donors (Lipinski definition) is 2. The summed E-state index contributed by atoms with van der Waals surface area (Å²) in [6, 6.07) is 5.40. The fourth-order valence-electron chi connectivity index (χ4n) is 1.93. The van der Waals surface area contributed by atoms with Gasteiger partial charge in [-0.3, -0.25) is 9.67 Å². The Hall–Kier alpha value is -2.02. The van der Waals surface area contributed by atoms with Crippen LogP contribution in [0.5, 0.6) is 0 Å². The van der Waals surface area contributed by atoms with Crippen LogP contribution in [-0.2, 0) is 7.05 Å². The lowest BCUT2D eigenvalue weighted by atomic mass is 10.1. The summed E-state index contributed by atoms with van der Waals surface area (Å²) in [6.07, 6.45) is 0. The van der Waals surface area contributed by atoms with Gasteiger partial charge in [0.05, 0.1) is 15.7 Å². The van der Waals surface area contributed by atoms with Gasteiger partial charge in [-0.2, -0.15) is 5.10 Å². The number of oxazole rings is 1. The summed E-state index contributed by atoms with van der Waals surface area (Å²) in [7, 11) is 1.80. The van der Waals surface area contributed by atoms with Crippen molar-refractivity contribution in [1.82, 2.24) is 14.8 Å². The van der Waals surface area contributed by atoms with Crippen molar-refractivity contribution in [2.45, 2.75) is 0 Å². The molecule has 0 fully saturated rings. The normalized spacial score (nSPS) is 11.2. The molecule has 3 aromatic rings. The van der Waals surface area contributed by atoms with E-state index in [1.807, 2.05) is 12.1 Å². The van der Waals surface area contributed by atoms with Crippen molar-refractivity contribution in [2.24, 2.45) is 7.05 Å². The zero-order chi connectivity index (χ0) is 12.9. The van der Waals surface area contributed by atoms with E-state index in [-0.39, 0.29) is 0 Å². The number of nitrogen functional groups attached to an aromatic ring is 1. The van der Waals surface area contributed by atoms with Crippen LogP contribution in [0.2, 0.25) is 0 Å². The van der Waals surface area contributed by atoms with Crippen LogP contribution in [0.1, 0.15) is 0 Å². The number of hydrogen-bond acceptors (Lipinski definition) is 4. The summed E-state index contributed by atoms with van der Waals surface area (Å²) in [5.74, 6) is -0.0426. The second-order valence-corrected chi connectivity index (χ2v) is 4.69. The van der Waals surface area contributed by atoms with Gasteiger partial charge in [0.25, 0.3) is 0 Å². The smallest absolute Gasteiger partial charge is 0.408 e. The molecule has 2 aromatic heterocycles. The second kappa shape index (κ2) is 3.74. The molecular weight excluding hydrogens is 300 g/mol. The van der Waals surface area contributed by atoms with Crippen LogP contribution >= 0.6 is 15.9 Å². The minimum atomic E-state index is -0.467. The summed E-state index contributed by atoms with van der Waals surface area (Å²) in [6.45, 7) is 0. The standard InChI is InChI=1S/C11H9BrN4O2/c1-16-9(8(12)10(13)15-16)5-2-3-7-6(4-5)14-11(17)18-7/h2-4H,1H3,(H2,13,15)(H,14,17). The summed E-state index contributed by atoms with van der Waals surface area (Å²) in [5, 5.41) is 4.12.